The van der Waals surface area contributed by atoms with Crippen molar-refractivity contribution < 1.29 is 17.5 Å². The number of thiocarbonyl (C=S) groups is 1. The second-order valence-corrected chi connectivity index (χ2v) is 7.31. The third kappa shape index (κ3) is 3.39. The van der Waals surface area contributed by atoms with Gasteiger partial charge in [-0.15, -0.1) is 0 Å². The molecule has 0 aliphatic carbocycles. The molecule has 1 aliphatic heterocycles. The van der Waals surface area contributed by atoms with Gasteiger partial charge in [-0.05, 0) is 31.0 Å². The van der Waals surface area contributed by atoms with Crippen molar-refractivity contribution in [1.29, 1.82) is 0 Å². The summed E-state index contributed by atoms with van der Waals surface area (Å²) >= 11 is 4.74. The smallest absolute Gasteiger partial charge is 0.243 e. The molecule has 8 heteroatoms. The highest BCUT2D eigenvalue weighted by atomic mass is 32.2. The van der Waals surface area contributed by atoms with E-state index in [1.165, 1.54) is 23.5 Å². The fourth-order valence-corrected chi connectivity index (χ4v) is 3.86. The zero-order valence-corrected chi connectivity index (χ0v) is 13.2. The van der Waals surface area contributed by atoms with Gasteiger partial charge in [-0.25, -0.2) is 12.8 Å². The molecule has 2 N–H and O–H groups in total. The van der Waals surface area contributed by atoms with E-state index in [0.717, 1.165) is 6.07 Å². The third-order valence-electron chi connectivity index (χ3n) is 3.59. The summed E-state index contributed by atoms with van der Waals surface area (Å²) in [5.41, 5.74) is 5.35. The number of hydrogen-bond acceptors (Lipinski definition) is 4. The van der Waals surface area contributed by atoms with E-state index in [9.17, 15) is 12.8 Å². The lowest BCUT2D eigenvalue weighted by atomic mass is 10.1. The molecule has 1 fully saturated rings. The van der Waals surface area contributed by atoms with Gasteiger partial charge >= 0.3 is 0 Å². The highest BCUT2D eigenvalue weighted by Gasteiger charge is 2.29. The number of rotatable bonds is 4. The van der Waals surface area contributed by atoms with Gasteiger partial charge in [0, 0.05) is 31.9 Å². The minimum absolute atomic E-state index is 0.0132. The van der Waals surface area contributed by atoms with E-state index in [2.05, 4.69) is 0 Å². The van der Waals surface area contributed by atoms with Crippen LogP contribution < -0.4 is 5.73 Å². The Bertz CT molecular complexity index is 643. The molecule has 0 bridgehead atoms. The highest BCUT2D eigenvalue weighted by Crippen LogP contribution is 2.23. The maximum absolute atomic E-state index is 13.6. The Kier molecular flexibility index (Phi) is 4.92. The van der Waals surface area contributed by atoms with Crippen LogP contribution in [0.15, 0.2) is 23.1 Å². The van der Waals surface area contributed by atoms with Crippen LogP contribution in [0.2, 0.25) is 0 Å². The standard InChI is InChI=1S/C13H17FN2O3S2/c1-16(9-4-6-19-7-5-9)21(17,18)10-2-3-12(14)11(8-10)13(15)20/h2-3,8-9H,4-7H2,1H3,(H2,15,20). The molecule has 0 amide bonds. The van der Waals surface area contributed by atoms with E-state index in [4.69, 9.17) is 22.7 Å². The maximum atomic E-state index is 13.6. The van der Waals surface area contributed by atoms with Crippen LogP contribution in [0.1, 0.15) is 18.4 Å². The summed E-state index contributed by atoms with van der Waals surface area (Å²) in [6, 6.07) is 3.35. The van der Waals surface area contributed by atoms with Crippen LogP contribution in [0.5, 0.6) is 0 Å². The van der Waals surface area contributed by atoms with Crippen molar-refractivity contribution in [3.8, 4) is 0 Å². The van der Waals surface area contributed by atoms with E-state index in [1.807, 2.05) is 0 Å². The molecule has 1 aromatic rings. The summed E-state index contributed by atoms with van der Waals surface area (Å²) < 4.78 is 45.3. The lowest BCUT2D eigenvalue weighted by Crippen LogP contribution is -2.40. The SMILES string of the molecule is CN(C1CCOCC1)S(=O)(=O)c1ccc(F)c(C(N)=S)c1. The minimum Gasteiger partial charge on any atom is -0.389 e. The zero-order chi connectivity index (χ0) is 15.6. The Morgan fingerprint density at radius 3 is 2.62 bits per heavy atom. The molecule has 0 saturated carbocycles. The molecular formula is C13H17FN2O3S2. The van der Waals surface area contributed by atoms with Gasteiger partial charge in [-0.1, -0.05) is 12.2 Å². The molecular weight excluding hydrogens is 315 g/mol. The fourth-order valence-electron chi connectivity index (χ4n) is 2.26. The van der Waals surface area contributed by atoms with Gasteiger partial charge in [-0.2, -0.15) is 4.31 Å². The summed E-state index contributed by atoms with van der Waals surface area (Å²) in [7, 11) is -2.19. The normalized spacial score (nSPS) is 17.1. The Balaban J connectivity index is 2.34. The number of nitrogens with zero attached hydrogens (tertiary/aromatic N) is 1. The molecule has 0 radical (unpaired) electrons. The van der Waals surface area contributed by atoms with Crippen molar-refractivity contribution in [2.75, 3.05) is 20.3 Å². The summed E-state index contributed by atoms with van der Waals surface area (Å²) in [4.78, 5) is -0.182. The van der Waals surface area contributed by atoms with Crippen LogP contribution in [0, 0.1) is 5.82 Å². The van der Waals surface area contributed by atoms with Gasteiger partial charge in [0.25, 0.3) is 0 Å². The van der Waals surface area contributed by atoms with Crippen molar-refractivity contribution in [3.05, 3.63) is 29.6 Å². The first-order chi connectivity index (χ1) is 9.84. The van der Waals surface area contributed by atoms with Crippen molar-refractivity contribution in [2.45, 2.75) is 23.8 Å². The Hall–Kier alpha value is -1.09. The van der Waals surface area contributed by atoms with Gasteiger partial charge in [0.05, 0.1) is 4.90 Å². The van der Waals surface area contributed by atoms with Crippen molar-refractivity contribution in [2.24, 2.45) is 5.73 Å². The maximum Gasteiger partial charge on any atom is 0.243 e. The predicted octanol–water partition coefficient (Wildman–Crippen LogP) is 1.26. The van der Waals surface area contributed by atoms with Gasteiger partial charge < -0.3 is 10.5 Å². The molecule has 1 saturated heterocycles. The third-order valence-corrected chi connectivity index (χ3v) is 5.71. The molecule has 116 valence electrons. The van der Waals surface area contributed by atoms with Crippen LogP contribution in [0.3, 0.4) is 0 Å². The minimum atomic E-state index is -3.72. The molecule has 0 unspecified atom stereocenters. The molecule has 2 rings (SSSR count). The number of benzene rings is 1. The highest BCUT2D eigenvalue weighted by molar-refractivity contribution is 7.89. The van der Waals surface area contributed by atoms with Crippen LogP contribution >= 0.6 is 12.2 Å². The fraction of sp³-hybridized carbons (Fsp3) is 0.462. The van der Waals surface area contributed by atoms with Gasteiger partial charge in [0.15, 0.2) is 0 Å². The summed E-state index contributed by atoms with van der Waals surface area (Å²) in [6.07, 6.45) is 1.28. The van der Waals surface area contributed by atoms with Crippen molar-refractivity contribution in [3.63, 3.8) is 0 Å². The molecule has 0 atom stereocenters. The average Bonchev–Trinajstić information content (AvgIpc) is 2.47. The van der Waals surface area contributed by atoms with Crippen LogP contribution in [-0.4, -0.2) is 44.0 Å². The molecule has 1 heterocycles. The number of sulfonamides is 1. The number of ether oxygens (including phenoxy) is 1. The first-order valence-corrected chi connectivity index (χ1v) is 8.34. The van der Waals surface area contributed by atoms with E-state index in [-0.39, 0.29) is 21.5 Å². The number of halogens is 1. The first-order valence-electron chi connectivity index (χ1n) is 6.49. The van der Waals surface area contributed by atoms with E-state index < -0.39 is 15.8 Å². The van der Waals surface area contributed by atoms with Gasteiger partial charge in [0.1, 0.15) is 10.8 Å². The average molecular weight is 332 g/mol. The topological polar surface area (TPSA) is 72.6 Å². The number of nitrogens with two attached hydrogens (primary N) is 1. The quantitative estimate of drug-likeness (QED) is 0.841. The van der Waals surface area contributed by atoms with Crippen molar-refractivity contribution in [1.82, 2.24) is 4.31 Å². The zero-order valence-electron chi connectivity index (χ0n) is 11.6. The Morgan fingerprint density at radius 2 is 2.05 bits per heavy atom. The summed E-state index contributed by atoms with van der Waals surface area (Å²) in [6.45, 7) is 1.07. The summed E-state index contributed by atoms with van der Waals surface area (Å²) in [5, 5.41) is 0. The summed E-state index contributed by atoms with van der Waals surface area (Å²) in [5.74, 6) is -0.629. The molecule has 0 spiro atoms. The second kappa shape index (κ2) is 6.35. The number of hydrogen-bond donors (Lipinski definition) is 1. The largest absolute Gasteiger partial charge is 0.389 e. The molecule has 21 heavy (non-hydrogen) atoms. The molecule has 1 aliphatic rings. The lowest BCUT2D eigenvalue weighted by Gasteiger charge is -2.30. The first kappa shape index (κ1) is 16.3. The van der Waals surface area contributed by atoms with Crippen LogP contribution in [-0.2, 0) is 14.8 Å². The predicted molar refractivity (Wildman–Crippen MR) is 81.1 cm³/mol. The Morgan fingerprint density at radius 1 is 1.43 bits per heavy atom. The van der Waals surface area contributed by atoms with Gasteiger partial charge in [0.2, 0.25) is 10.0 Å². The van der Waals surface area contributed by atoms with Crippen molar-refractivity contribution >= 4 is 27.2 Å². The van der Waals surface area contributed by atoms with E-state index in [1.54, 1.807) is 0 Å². The monoisotopic (exact) mass is 332 g/mol. The van der Waals surface area contributed by atoms with E-state index in [0.29, 0.717) is 26.1 Å². The lowest BCUT2D eigenvalue weighted by molar-refractivity contribution is 0.0632. The van der Waals surface area contributed by atoms with Crippen LogP contribution in [0.4, 0.5) is 4.39 Å². The van der Waals surface area contributed by atoms with Gasteiger partial charge in [-0.3, -0.25) is 0 Å². The second-order valence-electron chi connectivity index (χ2n) is 4.87. The Labute approximate surface area is 128 Å². The van der Waals surface area contributed by atoms with E-state index >= 15 is 0 Å². The van der Waals surface area contributed by atoms with Crippen LogP contribution in [0.25, 0.3) is 0 Å². The molecule has 5 nitrogen and oxygen atoms in total. The molecule has 1 aromatic carbocycles. The molecule has 0 aromatic heterocycles.